The Labute approximate surface area is 96.4 Å². The zero-order chi connectivity index (χ0) is 11.4. The van der Waals surface area contributed by atoms with Crippen molar-refractivity contribution in [1.82, 2.24) is 5.32 Å². The Morgan fingerprint density at radius 3 is 3.19 bits per heavy atom. The third-order valence-electron chi connectivity index (χ3n) is 2.91. The fourth-order valence-electron chi connectivity index (χ4n) is 2.07. The number of rotatable bonds is 4. The van der Waals surface area contributed by atoms with Gasteiger partial charge in [-0.05, 0) is 24.9 Å². The van der Waals surface area contributed by atoms with Gasteiger partial charge in [-0.15, -0.1) is 0 Å². The predicted octanol–water partition coefficient (Wildman–Crippen LogP) is 1.65. The largest absolute Gasteiger partial charge is 0.493 e. The Balaban J connectivity index is 2.19. The summed E-state index contributed by atoms with van der Waals surface area (Å²) in [6.45, 7) is 4.24. The lowest BCUT2D eigenvalue weighted by molar-refractivity contribution is 0.167. The van der Waals surface area contributed by atoms with Crippen molar-refractivity contribution in [3.63, 3.8) is 0 Å². The lowest BCUT2D eigenvalue weighted by atomic mass is 9.99. The molecule has 0 saturated carbocycles. The second-order valence-corrected chi connectivity index (χ2v) is 4.11. The molecule has 0 aromatic heterocycles. The maximum Gasteiger partial charge on any atom is 0.128 e. The molecule has 3 heteroatoms. The van der Waals surface area contributed by atoms with Crippen LogP contribution < -0.4 is 10.1 Å². The highest BCUT2D eigenvalue weighted by Gasteiger charge is 2.18. The molecule has 0 saturated heterocycles. The van der Waals surface area contributed by atoms with E-state index in [0.29, 0.717) is 6.54 Å². The minimum atomic E-state index is -0.479. The van der Waals surface area contributed by atoms with Crippen LogP contribution in [0.15, 0.2) is 18.2 Å². The summed E-state index contributed by atoms with van der Waals surface area (Å²) in [6, 6.07) is 6.03. The standard InChI is InChI=1S/C13H19NO2/c1-2-14-9-12(15)11-7-3-5-10-6-4-8-16-13(10)11/h3,5,7,12,14-15H,2,4,6,8-9H2,1H3. The molecule has 16 heavy (non-hydrogen) atoms. The van der Waals surface area contributed by atoms with E-state index in [2.05, 4.69) is 11.4 Å². The molecule has 3 nitrogen and oxygen atoms in total. The molecule has 1 heterocycles. The summed E-state index contributed by atoms with van der Waals surface area (Å²) in [5.74, 6) is 0.902. The fourth-order valence-corrected chi connectivity index (χ4v) is 2.07. The number of ether oxygens (including phenoxy) is 1. The molecule has 0 radical (unpaired) electrons. The molecule has 2 rings (SSSR count). The van der Waals surface area contributed by atoms with Crippen molar-refractivity contribution >= 4 is 0 Å². The van der Waals surface area contributed by atoms with Gasteiger partial charge in [0.05, 0.1) is 12.7 Å². The SMILES string of the molecule is CCNCC(O)c1cccc2c1OCCC2. The predicted molar refractivity (Wildman–Crippen MR) is 63.8 cm³/mol. The van der Waals surface area contributed by atoms with Crippen LogP contribution in [-0.4, -0.2) is 24.8 Å². The monoisotopic (exact) mass is 221 g/mol. The van der Waals surface area contributed by atoms with Crippen LogP contribution in [0.2, 0.25) is 0 Å². The van der Waals surface area contributed by atoms with Crippen LogP contribution in [0.1, 0.15) is 30.6 Å². The van der Waals surface area contributed by atoms with Gasteiger partial charge in [-0.1, -0.05) is 25.1 Å². The summed E-state index contributed by atoms with van der Waals surface area (Å²) in [6.07, 6.45) is 1.64. The number of benzene rings is 1. The van der Waals surface area contributed by atoms with Crippen LogP contribution in [0.4, 0.5) is 0 Å². The van der Waals surface area contributed by atoms with E-state index in [9.17, 15) is 5.11 Å². The zero-order valence-corrected chi connectivity index (χ0v) is 9.70. The Kier molecular flexibility index (Phi) is 3.80. The van der Waals surface area contributed by atoms with Gasteiger partial charge in [-0.2, -0.15) is 0 Å². The third-order valence-corrected chi connectivity index (χ3v) is 2.91. The van der Waals surface area contributed by atoms with E-state index < -0.39 is 6.10 Å². The van der Waals surface area contributed by atoms with E-state index in [4.69, 9.17) is 4.74 Å². The molecule has 1 unspecified atom stereocenters. The molecule has 0 aliphatic carbocycles. The first kappa shape index (κ1) is 11.4. The average Bonchev–Trinajstić information content (AvgIpc) is 2.35. The maximum absolute atomic E-state index is 10.1. The number of aryl methyl sites for hydroxylation is 1. The molecular weight excluding hydrogens is 202 g/mol. The number of hydrogen-bond acceptors (Lipinski definition) is 3. The topological polar surface area (TPSA) is 41.5 Å². The number of hydrogen-bond donors (Lipinski definition) is 2. The molecule has 88 valence electrons. The summed E-state index contributed by atoms with van der Waals surface area (Å²) >= 11 is 0. The van der Waals surface area contributed by atoms with Crippen molar-refractivity contribution in [3.05, 3.63) is 29.3 Å². The highest BCUT2D eigenvalue weighted by Crippen LogP contribution is 2.32. The number of para-hydroxylation sites is 1. The highest BCUT2D eigenvalue weighted by atomic mass is 16.5. The van der Waals surface area contributed by atoms with Gasteiger partial charge in [-0.25, -0.2) is 0 Å². The van der Waals surface area contributed by atoms with Gasteiger partial charge < -0.3 is 15.2 Å². The first-order chi connectivity index (χ1) is 7.83. The minimum Gasteiger partial charge on any atom is -0.493 e. The summed E-state index contributed by atoms with van der Waals surface area (Å²) in [5.41, 5.74) is 2.14. The minimum absolute atomic E-state index is 0.479. The van der Waals surface area contributed by atoms with E-state index in [1.54, 1.807) is 0 Å². The quantitative estimate of drug-likeness (QED) is 0.812. The van der Waals surface area contributed by atoms with Crippen molar-refractivity contribution in [2.24, 2.45) is 0 Å². The first-order valence-corrected chi connectivity index (χ1v) is 5.96. The van der Waals surface area contributed by atoms with Gasteiger partial charge >= 0.3 is 0 Å². The zero-order valence-electron chi connectivity index (χ0n) is 9.70. The third kappa shape index (κ3) is 2.36. The molecule has 0 bridgehead atoms. The number of fused-ring (bicyclic) bond motifs is 1. The summed E-state index contributed by atoms with van der Waals surface area (Å²) in [5, 5.41) is 13.2. The van der Waals surface area contributed by atoms with Crippen molar-refractivity contribution in [1.29, 1.82) is 0 Å². The Bertz CT molecular complexity index is 352. The van der Waals surface area contributed by atoms with Gasteiger partial charge in [0.1, 0.15) is 5.75 Å². The number of likely N-dealkylation sites (N-methyl/N-ethyl adjacent to an activating group) is 1. The fraction of sp³-hybridized carbons (Fsp3) is 0.538. The normalized spacial score (nSPS) is 16.4. The van der Waals surface area contributed by atoms with Crippen molar-refractivity contribution in [3.8, 4) is 5.75 Å². The smallest absolute Gasteiger partial charge is 0.128 e. The molecule has 1 atom stereocenters. The van der Waals surface area contributed by atoms with E-state index in [-0.39, 0.29) is 0 Å². The summed E-state index contributed by atoms with van der Waals surface area (Å²) in [4.78, 5) is 0. The van der Waals surface area contributed by atoms with Crippen molar-refractivity contribution in [2.45, 2.75) is 25.9 Å². The molecular formula is C13H19NO2. The molecule has 1 aliphatic rings. The van der Waals surface area contributed by atoms with E-state index in [1.165, 1.54) is 5.56 Å². The molecule has 0 spiro atoms. The van der Waals surface area contributed by atoms with Crippen molar-refractivity contribution in [2.75, 3.05) is 19.7 Å². The number of nitrogens with one attached hydrogen (secondary N) is 1. The Hall–Kier alpha value is -1.06. The van der Waals surface area contributed by atoms with Gasteiger partial charge in [-0.3, -0.25) is 0 Å². The van der Waals surface area contributed by atoms with Gasteiger partial charge in [0.25, 0.3) is 0 Å². The van der Waals surface area contributed by atoms with E-state index in [0.717, 1.165) is 37.3 Å². The second kappa shape index (κ2) is 5.32. The van der Waals surface area contributed by atoms with Crippen LogP contribution in [0.25, 0.3) is 0 Å². The van der Waals surface area contributed by atoms with Crippen molar-refractivity contribution < 1.29 is 9.84 Å². The van der Waals surface area contributed by atoms with Gasteiger partial charge in [0.15, 0.2) is 0 Å². The number of aliphatic hydroxyl groups is 1. The summed E-state index contributed by atoms with van der Waals surface area (Å²) < 4.78 is 5.67. The highest BCUT2D eigenvalue weighted by molar-refractivity contribution is 5.44. The van der Waals surface area contributed by atoms with E-state index in [1.807, 2.05) is 19.1 Å². The molecule has 1 aliphatic heterocycles. The van der Waals surface area contributed by atoms with Crippen LogP contribution in [0, 0.1) is 0 Å². The molecule has 0 amide bonds. The molecule has 1 aromatic carbocycles. The lowest BCUT2D eigenvalue weighted by Gasteiger charge is -2.22. The van der Waals surface area contributed by atoms with Gasteiger partial charge in [0.2, 0.25) is 0 Å². The van der Waals surface area contributed by atoms with Crippen LogP contribution in [0.3, 0.4) is 0 Å². The lowest BCUT2D eigenvalue weighted by Crippen LogP contribution is -2.22. The number of aliphatic hydroxyl groups excluding tert-OH is 1. The molecule has 0 fully saturated rings. The van der Waals surface area contributed by atoms with Crippen LogP contribution >= 0.6 is 0 Å². The van der Waals surface area contributed by atoms with Crippen LogP contribution in [-0.2, 0) is 6.42 Å². The first-order valence-electron chi connectivity index (χ1n) is 5.96. The molecule has 1 aromatic rings. The second-order valence-electron chi connectivity index (χ2n) is 4.11. The maximum atomic E-state index is 10.1. The van der Waals surface area contributed by atoms with E-state index >= 15 is 0 Å². The summed E-state index contributed by atoms with van der Waals surface area (Å²) in [7, 11) is 0. The molecule has 2 N–H and O–H groups in total. The van der Waals surface area contributed by atoms with Crippen LogP contribution in [0.5, 0.6) is 5.75 Å². The Morgan fingerprint density at radius 2 is 2.38 bits per heavy atom. The Morgan fingerprint density at radius 1 is 1.50 bits per heavy atom. The van der Waals surface area contributed by atoms with Gasteiger partial charge in [0, 0.05) is 12.1 Å². The average molecular weight is 221 g/mol.